The Labute approximate surface area is 103 Å². The lowest BCUT2D eigenvalue weighted by Crippen LogP contribution is -2.36. The highest BCUT2D eigenvalue weighted by Gasteiger charge is 2.39. The van der Waals surface area contributed by atoms with Gasteiger partial charge < -0.3 is 5.11 Å². The van der Waals surface area contributed by atoms with Crippen LogP contribution in [0.25, 0.3) is 0 Å². The van der Waals surface area contributed by atoms with E-state index in [2.05, 4.69) is 26.5 Å². The summed E-state index contributed by atoms with van der Waals surface area (Å²) < 4.78 is 0. The number of hydrogen-bond donors (Lipinski definition) is 1. The zero-order valence-corrected chi connectivity index (χ0v) is 10.8. The predicted octanol–water partition coefficient (Wildman–Crippen LogP) is 3.65. The molecule has 0 bridgehead atoms. The summed E-state index contributed by atoms with van der Waals surface area (Å²) in [5.74, 6) is 1.13. The van der Waals surface area contributed by atoms with Crippen molar-refractivity contribution in [1.82, 2.24) is 0 Å². The smallest absolute Gasteiger partial charge is 0.331 e. The van der Waals surface area contributed by atoms with Crippen LogP contribution in [-0.2, 0) is 4.79 Å². The van der Waals surface area contributed by atoms with Gasteiger partial charge in [0.1, 0.15) is 0 Å². The van der Waals surface area contributed by atoms with E-state index < -0.39 is 5.97 Å². The van der Waals surface area contributed by atoms with Crippen LogP contribution in [0.4, 0.5) is 0 Å². The minimum atomic E-state index is -0.820. The molecule has 0 spiro atoms. The highest BCUT2D eigenvalue weighted by atomic mass is 16.4. The molecule has 2 rings (SSSR count). The number of carboxylic acids is 1. The zero-order chi connectivity index (χ0) is 12.6. The first-order chi connectivity index (χ1) is 8.00. The number of rotatable bonds is 2. The summed E-state index contributed by atoms with van der Waals surface area (Å²) in [5.41, 5.74) is 1.83. The molecule has 2 aliphatic carbocycles. The van der Waals surface area contributed by atoms with Gasteiger partial charge in [0.2, 0.25) is 0 Å². The fourth-order valence-corrected chi connectivity index (χ4v) is 3.61. The highest BCUT2D eigenvalue weighted by molar-refractivity contribution is 5.86. The summed E-state index contributed by atoms with van der Waals surface area (Å²) >= 11 is 0. The summed E-state index contributed by atoms with van der Waals surface area (Å²) in [4.78, 5) is 11.1. The summed E-state index contributed by atoms with van der Waals surface area (Å²) in [6, 6.07) is 0. The molecule has 0 saturated heterocycles. The molecule has 1 fully saturated rings. The van der Waals surface area contributed by atoms with Gasteiger partial charge in [-0.2, -0.15) is 0 Å². The monoisotopic (exact) mass is 234 g/mol. The van der Waals surface area contributed by atoms with Crippen molar-refractivity contribution in [3.05, 3.63) is 23.8 Å². The number of carbonyl (C=O) groups is 1. The van der Waals surface area contributed by atoms with Crippen LogP contribution in [-0.4, -0.2) is 11.1 Å². The molecule has 0 heterocycles. The Morgan fingerprint density at radius 3 is 2.76 bits per heavy atom. The summed E-state index contributed by atoms with van der Waals surface area (Å²) in [5, 5.41) is 9.14. The number of hydrogen-bond acceptors (Lipinski definition) is 1. The van der Waals surface area contributed by atoms with Gasteiger partial charge >= 0.3 is 5.97 Å². The van der Waals surface area contributed by atoms with E-state index in [1.165, 1.54) is 18.4 Å². The quantitative estimate of drug-likeness (QED) is 0.585. The standard InChI is InChI=1S/C15H22O2/c1-9-4-6-12-10(2)5-7-13(14(12)8-9)11(3)15(16)17/h8,10,12-14H,3-7H2,1-2H3,(H,16,17)/t10-,12+,13+,14?/m1/s1. The molecule has 4 atom stereocenters. The second kappa shape index (κ2) is 4.67. The molecule has 2 aliphatic rings. The minimum Gasteiger partial charge on any atom is -0.478 e. The SMILES string of the molecule is C=C(C(=O)O)[C@@H]1CC[C@@H](C)[C@@H]2CCC(C)=CC21. The summed E-state index contributed by atoms with van der Waals surface area (Å²) in [6.45, 7) is 8.26. The van der Waals surface area contributed by atoms with Crippen LogP contribution in [0, 0.1) is 23.7 Å². The zero-order valence-electron chi connectivity index (χ0n) is 10.8. The molecular weight excluding hydrogens is 212 g/mol. The lowest BCUT2D eigenvalue weighted by molar-refractivity contribution is -0.133. The van der Waals surface area contributed by atoms with Gasteiger partial charge in [-0.3, -0.25) is 0 Å². The largest absolute Gasteiger partial charge is 0.478 e. The molecule has 2 heteroatoms. The molecule has 17 heavy (non-hydrogen) atoms. The lowest BCUT2D eigenvalue weighted by atomic mass is 9.61. The van der Waals surface area contributed by atoms with Gasteiger partial charge in [0.15, 0.2) is 0 Å². The molecule has 1 saturated carbocycles. The number of fused-ring (bicyclic) bond motifs is 1. The first kappa shape index (κ1) is 12.4. The third-order valence-corrected chi connectivity index (χ3v) is 4.69. The Hall–Kier alpha value is -1.05. The van der Waals surface area contributed by atoms with Crippen LogP contribution in [0.15, 0.2) is 23.8 Å². The van der Waals surface area contributed by atoms with E-state index in [1.807, 2.05) is 0 Å². The summed E-state index contributed by atoms with van der Waals surface area (Å²) in [7, 11) is 0. The first-order valence-electron chi connectivity index (χ1n) is 6.60. The molecule has 0 aromatic rings. The van der Waals surface area contributed by atoms with Gasteiger partial charge in [0.25, 0.3) is 0 Å². The van der Waals surface area contributed by atoms with Crippen molar-refractivity contribution in [2.45, 2.75) is 39.5 Å². The maximum Gasteiger partial charge on any atom is 0.331 e. The van der Waals surface area contributed by atoms with E-state index in [0.29, 0.717) is 17.4 Å². The fraction of sp³-hybridized carbons (Fsp3) is 0.667. The van der Waals surface area contributed by atoms with Crippen LogP contribution in [0.2, 0.25) is 0 Å². The maximum absolute atomic E-state index is 11.1. The van der Waals surface area contributed by atoms with Crippen molar-refractivity contribution in [3.8, 4) is 0 Å². The third-order valence-electron chi connectivity index (χ3n) is 4.69. The molecule has 2 nitrogen and oxygen atoms in total. The Kier molecular flexibility index (Phi) is 3.41. The topological polar surface area (TPSA) is 37.3 Å². The van der Waals surface area contributed by atoms with Crippen molar-refractivity contribution in [2.24, 2.45) is 23.7 Å². The van der Waals surface area contributed by atoms with Gasteiger partial charge in [-0.1, -0.05) is 25.2 Å². The number of aliphatic carboxylic acids is 1. The molecule has 0 radical (unpaired) electrons. The van der Waals surface area contributed by atoms with Crippen molar-refractivity contribution in [3.63, 3.8) is 0 Å². The molecule has 0 aromatic carbocycles. The fourth-order valence-electron chi connectivity index (χ4n) is 3.61. The average Bonchev–Trinajstić information content (AvgIpc) is 2.28. The Bertz CT molecular complexity index is 367. The van der Waals surface area contributed by atoms with Gasteiger partial charge in [0.05, 0.1) is 0 Å². The van der Waals surface area contributed by atoms with Gasteiger partial charge in [-0.15, -0.1) is 0 Å². The normalized spacial score (nSPS) is 36.9. The Balaban J connectivity index is 2.26. The molecule has 1 N–H and O–H groups in total. The average molecular weight is 234 g/mol. The maximum atomic E-state index is 11.1. The Morgan fingerprint density at radius 2 is 2.12 bits per heavy atom. The molecule has 0 amide bonds. The summed E-state index contributed by atoms with van der Waals surface area (Å²) in [6.07, 6.45) is 6.85. The number of allylic oxidation sites excluding steroid dienone is 2. The van der Waals surface area contributed by atoms with Crippen LogP contribution in [0.3, 0.4) is 0 Å². The lowest BCUT2D eigenvalue weighted by Gasteiger charge is -2.43. The van der Waals surface area contributed by atoms with Crippen LogP contribution in [0.1, 0.15) is 39.5 Å². The van der Waals surface area contributed by atoms with E-state index in [9.17, 15) is 4.79 Å². The van der Waals surface area contributed by atoms with Gasteiger partial charge in [-0.05, 0) is 56.3 Å². The molecular formula is C15H22O2. The van der Waals surface area contributed by atoms with Crippen LogP contribution in [0.5, 0.6) is 0 Å². The molecule has 94 valence electrons. The first-order valence-corrected chi connectivity index (χ1v) is 6.60. The van der Waals surface area contributed by atoms with Gasteiger partial charge in [-0.25, -0.2) is 4.79 Å². The minimum absolute atomic E-state index is 0.156. The molecule has 0 aromatic heterocycles. The second-order valence-corrected chi connectivity index (χ2v) is 5.78. The van der Waals surface area contributed by atoms with E-state index in [1.54, 1.807) is 0 Å². The van der Waals surface area contributed by atoms with E-state index in [-0.39, 0.29) is 5.92 Å². The van der Waals surface area contributed by atoms with Crippen molar-refractivity contribution in [1.29, 1.82) is 0 Å². The van der Waals surface area contributed by atoms with E-state index >= 15 is 0 Å². The van der Waals surface area contributed by atoms with Crippen LogP contribution < -0.4 is 0 Å². The van der Waals surface area contributed by atoms with E-state index in [4.69, 9.17) is 5.11 Å². The predicted molar refractivity (Wildman–Crippen MR) is 68.6 cm³/mol. The van der Waals surface area contributed by atoms with Gasteiger partial charge in [0, 0.05) is 5.57 Å². The molecule has 0 aliphatic heterocycles. The highest BCUT2D eigenvalue weighted by Crippen LogP contribution is 2.47. The van der Waals surface area contributed by atoms with Crippen molar-refractivity contribution >= 4 is 5.97 Å². The van der Waals surface area contributed by atoms with E-state index in [0.717, 1.165) is 18.8 Å². The van der Waals surface area contributed by atoms with Crippen molar-refractivity contribution < 1.29 is 9.90 Å². The van der Waals surface area contributed by atoms with Crippen LogP contribution >= 0.6 is 0 Å². The Morgan fingerprint density at radius 1 is 1.41 bits per heavy atom. The molecule has 1 unspecified atom stereocenters. The number of carboxylic acid groups (broad SMARTS) is 1. The van der Waals surface area contributed by atoms with Crippen molar-refractivity contribution in [2.75, 3.05) is 0 Å². The second-order valence-electron chi connectivity index (χ2n) is 5.78. The third kappa shape index (κ3) is 2.31.